The van der Waals surface area contributed by atoms with Crippen LogP contribution in [-0.4, -0.2) is 22.9 Å². The van der Waals surface area contributed by atoms with E-state index in [4.69, 9.17) is 9.94 Å². The van der Waals surface area contributed by atoms with Gasteiger partial charge in [0.15, 0.2) is 0 Å². The number of fused-ring (bicyclic) bond motifs is 1. The summed E-state index contributed by atoms with van der Waals surface area (Å²) in [5.74, 6) is -1.25. The first-order valence-electron chi connectivity index (χ1n) is 4.48. The maximum atomic E-state index is 11.8. The molecule has 5 nitrogen and oxygen atoms in total. The van der Waals surface area contributed by atoms with Crippen molar-refractivity contribution in [2.45, 2.75) is 6.92 Å². The second-order valence-electron chi connectivity index (χ2n) is 3.26. The number of hydrogen-bond acceptors (Lipinski definition) is 4. The van der Waals surface area contributed by atoms with Crippen molar-refractivity contribution < 1.29 is 14.7 Å². The summed E-state index contributed by atoms with van der Waals surface area (Å²) in [6, 6.07) is 1.67. The predicted octanol–water partition coefficient (Wildman–Crippen LogP) is 1.13. The van der Waals surface area contributed by atoms with Crippen LogP contribution in [0.1, 0.15) is 15.2 Å². The highest BCUT2D eigenvalue weighted by Crippen LogP contribution is 2.22. The van der Waals surface area contributed by atoms with Gasteiger partial charge < -0.3 is 9.94 Å². The Kier molecular flexibility index (Phi) is 2.43. The van der Waals surface area contributed by atoms with Crippen LogP contribution < -0.4 is 10.3 Å². The van der Waals surface area contributed by atoms with Crippen LogP contribution in [0.4, 0.5) is 0 Å². The fourth-order valence-corrected chi connectivity index (χ4v) is 2.46. The number of hydrogen-bond donors (Lipinski definition) is 1. The molecular weight excluding hydrogens is 230 g/mol. The van der Waals surface area contributed by atoms with Gasteiger partial charge in [0.25, 0.3) is 0 Å². The molecule has 0 aliphatic carbocycles. The normalized spacial score (nSPS) is 10.6. The van der Waals surface area contributed by atoms with Gasteiger partial charge >= 0.3 is 5.97 Å². The molecule has 2 aromatic heterocycles. The monoisotopic (exact) mass is 239 g/mol. The topological polar surface area (TPSA) is 68.5 Å². The molecule has 0 saturated carbocycles. The second-order valence-corrected chi connectivity index (χ2v) is 4.50. The minimum atomic E-state index is -1.25. The van der Waals surface area contributed by atoms with E-state index in [2.05, 4.69) is 0 Å². The first-order chi connectivity index (χ1) is 7.54. The van der Waals surface area contributed by atoms with Gasteiger partial charge in [-0.25, -0.2) is 4.79 Å². The third-order valence-corrected chi connectivity index (χ3v) is 3.23. The average Bonchev–Trinajstić information content (AvgIpc) is 2.60. The molecule has 0 spiro atoms. The lowest BCUT2D eigenvalue weighted by atomic mass is 10.2. The quantitative estimate of drug-likeness (QED) is 0.852. The van der Waals surface area contributed by atoms with Crippen molar-refractivity contribution in [3.63, 3.8) is 0 Å². The van der Waals surface area contributed by atoms with Crippen LogP contribution in [-0.2, 0) is 0 Å². The molecule has 1 N–H and O–H groups in total. The largest absolute Gasteiger partial charge is 0.477 e. The number of aryl methyl sites for hydroxylation is 1. The molecule has 0 unspecified atom stereocenters. The lowest BCUT2D eigenvalue weighted by Gasteiger charge is -2.06. The smallest absolute Gasteiger partial charge is 0.341 e. The zero-order valence-corrected chi connectivity index (χ0v) is 9.50. The van der Waals surface area contributed by atoms with E-state index in [1.165, 1.54) is 29.4 Å². The highest BCUT2D eigenvalue weighted by atomic mass is 32.1. The fourth-order valence-electron chi connectivity index (χ4n) is 1.50. The van der Waals surface area contributed by atoms with Crippen LogP contribution in [0.3, 0.4) is 0 Å². The molecule has 0 aromatic carbocycles. The number of nitrogens with zero attached hydrogens (tertiary/aromatic N) is 1. The lowest BCUT2D eigenvalue weighted by molar-refractivity contribution is 0.0691. The Morgan fingerprint density at radius 3 is 2.81 bits per heavy atom. The number of carboxylic acids is 1. The Bertz CT molecular complexity index is 626. The number of aromatic nitrogens is 1. The average molecular weight is 239 g/mol. The van der Waals surface area contributed by atoms with Gasteiger partial charge in [0.1, 0.15) is 17.5 Å². The van der Waals surface area contributed by atoms with Gasteiger partial charge in [-0.3, -0.25) is 4.79 Å². The van der Waals surface area contributed by atoms with E-state index < -0.39 is 11.4 Å². The summed E-state index contributed by atoms with van der Waals surface area (Å²) in [7, 11) is 1.42. The van der Waals surface area contributed by atoms with E-state index in [0.29, 0.717) is 10.2 Å². The van der Waals surface area contributed by atoms with Crippen molar-refractivity contribution in [1.82, 2.24) is 4.73 Å². The first-order valence-corrected chi connectivity index (χ1v) is 5.30. The van der Waals surface area contributed by atoms with Crippen molar-refractivity contribution in [3.8, 4) is 0 Å². The van der Waals surface area contributed by atoms with Crippen molar-refractivity contribution in [1.29, 1.82) is 0 Å². The summed E-state index contributed by atoms with van der Waals surface area (Å²) in [6.07, 6.45) is 1.20. The van der Waals surface area contributed by atoms with Crippen LogP contribution in [0.5, 0.6) is 0 Å². The van der Waals surface area contributed by atoms with Gasteiger partial charge in [0, 0.05) is 4.88 Å². The zero-order valence-electron chi connectivity index (χ0n) is 8.68. The molecule has 2 rings (SSSR count). The molecule has 0 atom stereocenters. The molecule has 2 aromatic rings. The molecule has 0 radical (unpaired) electrons. The summed E-state index contributed by atoms with van der Waals surface area (Å²) < 4.78 is 1.30. The Balaban J connectivity index is 2.93. The maximum Gasteiger partial charge on any atom is 0.341 e. The predicted molar refractivity (Wildman–Crippen MR) is 60.3 cm³/mol. The number of rotatable bonds is 2. The molecule has 6 heteroatoms. The summed E-state index contributed by atoms with van der Waals surface area (Å²) in [4.78, 5) is 29.2. The van der Waals surface area contributed by atoms with Gasteiger partial charge in [0.05, 0.1) is 11.6 Å². The van der Waals surface area contributed by atoms with Gasteiger partial charge in [-0.05, 0) is 13.0 Å². The highest BCUT2D eigenvalue weighted by molar-refractivity contribution is 7.18. The Labute approximate surface area is 94.5 Å². The van der Waals surface area contributed by atoms with Gasteiger partial charge in [-0.15, -0.1) is 11.3 Å². The van der Waals surface area contributed by atoms with Crippen LogP contribution >= 0.6 is 11.3 Å². The SMILES string of the molecule is COn1cc(C(=O)O)c(=O)c2cc(C)sc21. The van der Waals surface area contributed by atoms with Crippen molar-refractivity contribution in [2.24, 2.45) is 0 Å². The lowest BCUT2D eigenvalue weighted by Crippen LogP contribution is -2.19. The Morgan fingerprint density at radius 1 is 1.56 bits per heavy atom. The fraction of sp³-hybridized carbons (Fsp3) is 0.200. The number of carbonyl (C=O) groups is 1. The molecule has 84 valence electrons. The number of carboxylic acid groups (broad SMARTS) is 1. The molecular formula is C10H9NO4S. The maximum absolute atomic E-state index is 11.8. The molecule has 0 aliphatic heterocycles. The van der Waals surface area contributed by atoms with E-state index in [0.717, 1.165) is 4.88 Å². The minimum Gasteiger partial charge on any atom is -0.477 e. The summed E-state index contributed by atoms with van der Waals surface area (Å²) in [6.45, 7) is 1.85. The van der Waals surface area contributed by atoms with Crippen LogP contribution in [0.25, 0.3) is 10.2 Å². The molecule has 0 amide bonds. The molecule has 0 bridgehead atoms. The molecule has 16 heavy (non-hydrogen) atoms. The summed E-state index contributed by atoms with van der Waals surface area (Å²) >= 11 is 1.38. The number of thiophene rings is 1. The van der Waals surface area contributed by atoms with E-state index in [-0.39, 0.29) is 5.56 Å². The molecule has 2 heterocycles. The molecule has 0 fully saturated rings. The molecule has 0 saturated heterocycles. The minimum absolute atomic E-state index is 0.285. The molecule has 0 aliphatic rings. The van der Waals surface area contributed by atoms with Crippen molar-refractivity contribution in [3.05, 3.63) is 32.9 Å². The van der Waals surface area contributed by atoms with E-state index in [1.54, 1.807) is 6.07 Å². The first kappa shape index (κ1) is 10.7. The Morgan fingerprint density at radius 2 is 2.25 bits per heavy atom. The zero-order chi connectivity index (χ0) is 11.9. The van der Waals surface area contributed by atoms with Crippen molar-refractivity contribution in [2.75, 3.05) is 7.11 Å². The van der Waals surface area contributed by atoms with Crippen LogP contribution in [0, 0.1) is 6.92 Å². The number of pyridine rings is 1. The van der Waals surface area contributed by atoms with E-state index >= 15 is 0 Å². The van der Waals surface area contributed by atoms with E-state index in [9.17, 15) is 9.59 Å². The third kappa shape index (κ3) is 1.47. The van der Waals surface area contributed by atoms with E-state index in [1.807, 2.05) is 6.92 Å². The van der Waals surface area contributed by atoms with Crippen molar-refractivity contribution >= 4 is 27.5 Å². The Hall–Kier alpha value is -1.82. The standard InChI is InChI=1S/C10H9NO4S/c1-5-3-6-8(12)7(10(13)14)4-11(15-2)9(6)16-5/h3-4H,1-2H3,(H,13,14). The van der Waals surface area contributed by atoms with Gasteiger partial charge in [0.2, 0.25) is 5.43 Å². The summed E-state index contributed by atoms with van der Waals surface area (Å²) in [5, 5.41) is 9.27. The second kappa shape index (κ2) is 3.64. The number of aromatic carboxylic acids is 1. The third-order valence-electron chi connectivity index (χ3n) is 2.20. The summed E-state index contributed by atoms with van der Waals surface area (Å²) in [5.41, 5.74) is -0.757. The highest BCUT2D eigenvalue weighted by Gasteiger charge is 2.16. The van der Waals surface area contributed by atoms with Gasteiger partial charge in [-0.1, -0.05) is 0 Å². The van der Waals surface area contributed by atoms with Crippen LogP contribution in [0.15, 0.2) is 17.1 Å². The van der Waals surface area contributed by atoms with Gasteiger partial charge in [-0.2, -0.15) is 4.73 Å². The van der Waals surface area contributed by atoms with Crippen LogP contribution in [0.2, 0.25) is 0 Å².